The van der Waals surface area contributed by atoms with Crippen LogP contribution in [0.2, 0.25) is 0 Å². The third kappa shape index (κ3) is 7.97. The first-order chi connectivity index (χ1) is 7.93. The van der Waals surface area contributed by atoms with Crippen LogP contribution in [0.4, 0.5) is 0 Å². The lowest BCUT2D eigenvalue weighted by molar-refractivity contribution is -0.139. The van der Waals surface area contributed by atoms with Crippen molar-refractivity contribution < 1.29 is 31.5 Å². The molecule has 0 heterocycles. The zero-order chi connectivity index (χ0) is 14.6. The van der Waals surface area contributed by atoms with Crippen molar-refractivity contribution >= 4 is 31.7 Å². The molecule has 0 saturated carbocycles. The van der Waals surface area contributed by atoms with Crippen LogP contribution in [0, 0.1) is 0 Å². The molecule has 11 heteroatoms. The number of nitrogens with one attached hydrogen (secondary N) is 1. The molecule has 1 atom stereocenters. The summed E-state index contributed by atoms with van der Waals surface area (Å²) in [6, 6.07) is -1.59. The Bertz CT molecular complexity index is 522. The van der Waals surface area contributed by atoms with E-state index in [9.17, 15) is 26.4 Å². The van der Waals surface area contributed by atoms with Gasteiger partial charge in [0.05, 0.1) is 0 Å². The van der Waals surface area contributed by atoms with Gasteiger partial charge in [0.1, 0.15) is 6.04 Å². The molecule has 0 aromatic rings. The van der Waals surface area contributed by atoms with Gasteiger partial charge in [-0.2, -0.15) is 0 Å². The molecule has 0 radical (unpaired) electrons. The third-order valence-electron chi connectivity index (χ3n) is 1.67. The van der Waals surface area contributed by atoms with Crippen LogP contribution >= 0.6 is 0 Å². The number of sulfone groups is 1. The lowest BCUT2D eigenvalue weighted by Crippen LogP contribution is -2.43. The highest BCUT2D eigenvalue weighted by molar-refractivity contribution is 8.06. The molecule has 18 heavy (non-hydrogen) atoms. The summed E-state index contributed by atoms with van der Waals surface area (Å²) in [6.45, 7) is 0. The fourth-order valence-electron chi connectivity index (χ4n) is 1.05. The Morgan fingerprint density at radius 2 is 1.78 bits per heavy atom. The SMILES string of the molecule is CS(=O)(=O)CS(=O)(=O)N[C@H](CCC(N)=O)C(=O)O. The highest BCUT2D eigenvalue weighted by atomic mass is 32.3. The van der Waals surface area contributed by atoms with Crippen molar-refractivity contribution in [1.29, 1.82) is 0 Å². The average molecular weight is 302 g/mol. The van der Waals surface area contributed by atoms with Gasteiger partial charge in [-0.15, -0.1) is 0 Å². The van der Waals surface area contributed by atoms with E-state index in [2.05, 4.69) is 0 Å². The van der Waals surface area contributed by atoms with Gasteiger partial charge in [-0.1, -0.05) is 0 Å². The Morgan fingerprint density at radius 3 is 2.11 bits per heavy atom. The molecule has 0 aromatic heterocycles. The summed E-state index contributed by atoms with van der Waals surface area (Å²) in [5.74, 6) is -2.31. The van der Waals surface area contributed by atoms with Gasteiger partial charge in [0, 0.05) is 12.7 Å². The molecule has 9 nitrogen and oxygen atoms in total. The first-order valence-corrected chi connectivity index (χ1v) is 8.33. The maximum atomic E-state index is 11.3. The van der Waals surface area contributed by atoms with Crippen LogP contribution in [0.3, 0.4) is 0 Å². The Kier molecular flexibility index (Phi) is 5.70. The molecule has 0 aliphatic carbocycles. The molecule has 0 fully saturated rings. The predicted octanol–water partition coefficient (Wildman–Crippen LogP) is -2.37. The van der Waals surface area contributed by atoms with E-state index in [4.69, 9.17) is 10.8 Å². The van der Waals surface area contributed by atoms with E-state index in [-0.39, 0.29) is 12.8 Å². The van der Waals surface area contributed by atoms with Crippen LogP contribution < -0.4 is 10.5 Å². The number of aliphatic carboxylic acids is 1. The van der Waals surface area contributed by atoms with Crippen molar-refractivity contribution in [3.63, 3.8) is 0 Å². The number of carbonyl (C=O) groups excluding carboxylic acids is 1. The molecule has 106 valence electrons. The van der Waals surface area contributed by atoms with Gasteiger partial charge >= 0.3 is 5.97 Å². The number of hydrogen-bond acceptors (Lipinski definition) is 6. The van der Waals surface area contributed by atoms with E-state index in [0.717, 1.165) is 0 Å². The molecular weight excluding hydrogens is 288 g/mol. The first kappa shape index (κ1) is 16.8. The molecule has 0 aromatic carbocycles. The van der Waals surface area contributed by atoms with Crippen LogP contribution in [0.15, 0.2) is 0 Å². The number of carbonyl (C=O) groups is 2. The summed E-state index contributed by atoms with van der Waals surface area (Å²) in [4.78, 5) is 21.2. The zero-order valence-corrected chi connectivity index (χ0v) is 11.1. The number of nitrogens with two attached hydrogens (primary N) is 1. The normalized spacial score (nSPS) is 14.1. The van der Waals surface area contributed by atoms with Gasteiger partial charge < -0.3 is 10.8 Å². The smallest absolute Gasteiger partial charge is 0.321 e. The zero-order valence-electron chi connectivity index (χ0n) is 9.49. The van der Waals surface area contributed by atoms with Crippen LogP contribution in [0.1, 0.15) is 12.8 Å². The average Bonchev–Trinajstić information content (AvgIpc) is 2.07. The molecule has 4 N–H and O–H groups in total. The Morgan fingerprint density at radius 1 is 1.28 bits per heavy atom. The van der Waals surface area contributed by atoms with Crippen molar-refractivity contribution in [2.24, 2.45) is 5.73 Å². The number of sulfonamides is 1. The molecule has 1 amide bonds. The minimum Gasteiger partial charge on any atom is -0.480 e. The topological polar surface area (TPSA) is 161 Å². The van der Waals surface area contributed by atoms with Gasteiger partial charge in [0.25, 0.3) is 0 Å². The van der Waals surface area contributed by atoms with E-state index in [1.807, 2.05) is 0 Å². The number of rotatable bonds is 8. The highest BCUT2D eigenvalue weighted by Crippen LogP contribution is 2.02. The number of primary amides is 1. The fourth-order valence-corrected chi connectivity index (χ4v) is 4.23. The maximum Gasteiger partial charge on any atom is 0.321 e. The molecule has 0 spiro atoms. The third-order valence-corrected chi connectivity index (χ3v) is 5.27. The Balaban J connectivity index is 4.78. The predicted molar refractivity (Wildman–Crippen MR) is 61.6 cm³/mol. The minimum absolute atomic E-state index is 0.335. The van der Waals surface area contributed by atoms with Gasteiger partial charge in [-0.3, -0.25) is 9.59 Å². The van der Waals surface area contributed by atoms with Crippen LogP contribution in [-0.4, -0.2) is 51.2 Å². The maximum absolute atomic E-state index is 11.3. The number of carboxylic acid groups (broad SMARTS) is 1. The van der Waals surface area contributed by atoms with Crippen molar-refractivity contribution in [3.8, 4) is 0 Å². The van der Waals surface area contributed by atoms with Crippen LogP contribution in [-0.2, 0) is 29.4 Å². The molecule has 0 saturated heterocycles. The lowest BCUT2D eigenvalue weighted by Gasteiger charge is -2.13. The lowest BCUT2D eigenvalue weighted by atomic mass is 10.2. The second kappa shape index (κ2) is 6.11. The summed E-state index contributed by atoms with van der Waals surface area (Å²) in [7, 11) is -8.12. The van der Waals surface area contributed by atoms with Crippen LogP contribution in [0.25, 0.3) is 0 Å². The molecular formula is C7H14N2O7S2. The first-order valence-electron chi connectivity index (χ1n) is 4.62. The largest absolute Gasteiger partial charge is 0.480 e. The van der Waals surface area contributed by atoms with Crippen molar-refractivity contribution in [3.05, 3.63) is 0 Å². The van der Waals surface area contributed by atoms with Crippen LogP contribution in [0.5, 0.6) is 0 Å². The monoisotopic (exact) mass is 302 g/mol. The van der Waals surface area contributed by atoms with E-state index in [0.29, 0.717) is 6.26 Å². The van der Waals surface area contributed by atoms with E-state index in [1.165, 1.54) is 0 Å². The Hall–Kier alpha value is -1.20. The second-order valence-electron chi connectivity index (χ2n) is 3.67. The van der Waals surface area contributed by atoms with Gasteiger partial charge in [-0.05, 0) is 6.42 Å². The quantitative estimate of drug-likeness (QED) is 0.451. The molecule has 0 rings (SSSR count). The minimum atomic E-state index is -4.30. The molecule has 0 aliphatic heterocycles. The van der Waals surface area contributed by atoms with E-state index in [1.54, 1.807) is 4.72 Å². The van der Waals surface area contributed by atoms with Crippen molar-refractivity contribution in [2.75, 3.05) is 11.3 Å². The second-order valence-corrected chi connectivity index (χ2v) is 7.93. The van der Waals surface area contributed by atoms with Gasteiger partial charge in [-0.25, -0.2) is 21.6 Å². The van der Waals surface area contributed by atoms with E-state index < -0.39 is 42.9 Å². The van der Waals surface area contributed by atoms with E-state index >= 15 is 0 Å². The number of carboxylic acids is 1. The Labute approximate surface area is 104 Å². The molecule has 0 unspecified atom stereocenters. The summed E-state index contributed by atoms with van der Waals surface area (Å²) in [5, 5.41) is 7.50. The standard InChI is InChI=1S/C7H14N2O7S2/c1-17(13,14)4-18(15,16)9-5(7(11)12)2-3-6(8)10/h5,9H,2-4H2,1H3,(H2,8,10)(H,11,12)/t5-/m1/s1. The summed E-state index contributed by atoms with van der Waals surface area (Å²) in [5.41, 5.74) is 4.80. The highest BCUT2D eigenvalue weighted by Gasteiger charge is 2.26. The molecule has 0 aliphatic rings. The summed E-state index contributed by atoms with van der Waals surface area (Å²) in [6.07, 6.45) is 0.0113. The van der Waals surface area contributed by atoms with Crippen molar-refractivity contribution in [2.45, 2.75) is 18.9 Å². The molecule has 0 bridgehead atoms. The van der Waals surface area contributed by atoms with Gasteiger partial charge in [0.2, 0.25) is 15.9 Å². The number of amides is 1. The van der Waals surface area contributed by atoms with Crippen molar-refractivity contribution in [1.82, 2.24) is 4.72 Å². The summed E-state index contributed by atoms with van der Waals surface area (Å²) < 4.78 is 46.0. The van der Waals surface area contributed by atoms with Gasteiger partial charge in [0.15, 0.2) is 14.9 Å². The number of hydrogen-bond donors (Lipinski definition) is 3. The fraction of sp³-hybridized carbons (Fsp3) is 0.714. The summed E-state index contributed by atoms with van der Waals surface area (Å²) >= 11 is 0.